The second kappa shape index (κ2) is 9.84. The molecule has 2 aromatic rings. The molecule has 1 fully saturated rings. The van der Waals surface area contributed by atoms with E-state index < -0.39 is 0 Å². The number of hydrogen-bond donors (Lipinski definition) is 3. The molecule has 29 heavy (non-hydrogen) atoms. The third-order valence-corrected chi connectivity index (χ3v) is 5.28. The van der Waals surface area contributed by atoms with Crippen molar-refractivity contribution in [3.8, 4) is 5.75 Å². The van der Waals surface area contributed by atoms with Crippen LogP contribution < -0.4 is 20.7 Å². The summed E-state index contributed by atoms with van der Waals surface area (Å²) in [6.07, 6.45) is 2.52. The lowest BCUT2D eigenvalue weighted by Crippen LogP contribution is -2.38. The molecule has 1 saturated heterocycles. The van der Waals surface area contributed by atoms with Gasteiger partial charge in [-0.1, -0.05) is 0 Å². The Bertz CT molecular complexity index is 825. The minimum absolute atomic E-state index is 0.322. The van der Waals surface area contributed by atoms with Gasteiger partial charge in [-0.05, 0) is 51.9 Å². The summed E-state index contributed by atoms with van der Waals surface area (Å²) < 4.78 is 20.6. The van der Waals surface area contributed by atoms with E-state index in [0.717, 1.165) is 25.3 Å². The quantitative estimate of drug-likeness (QED) is 0.594. The molecule has 0 saturated carbocycles. The Kier molecular flexibility index (Phi) is 7.22. The molecule has 1 aromatic carbocycles. The molecule has 3 N–H and O–H groups in total. The van der Waals surface area contributed by atoms with Gasteiger partial charge < -0.3 is 20.7 Å². The maximum atomic E-state index is 15.2. The molecule has 1 aliphatic heterocycles. The summed E-state index contributed by atoms with van der Waals surface area (Å²) in [4.78, 5) is 11.1. The van der Waals surface area contributed by atoms with Crippen molar-refractivity contribution in [2.45, 2.75) is 39.3 Å². The molecule has 1 atom stereocenters. The highest BCUT2D eigenvalue weighted by Crippen LogP contribution is 2.29. The van der Waals surface area contributed by atoms with Gasteiger partial charge in [-0.2, -0.15) is 4.98 Å². The van der Waals surface area contributed by atoms with Gasteiger partial charge in [0.25, 0.3) is 0 Å². The first-order chi connectivity index (χ1) is 14.0. The average molecular weight is 403 g/mol. The molecule has 1 aliphatic rings. The van der Waals surface area contributed by atoms with Gasteiger partial charge in [-0.3, -0.25) is 4.90 Å². The number of anilines is 3. The van der Waals surface area contributed by atoms with Crippen LogP contribution in [0.5, 0.6) is 5.75 Å². The van der Waals surface area contributed by atoms with Crippen LogP contribution in [0.25, 0.3) is 0 Å². The SMILES string of the molecule is CNc1cc(C)nc(Nc2ccc(OC)c(CNC[C@@H](C)N3CCCC3)c2F)n1. The van der Waals surface area contributed by atoms with E-state index in [1.165, 1.54) is 12.8 Å². The fraction of sp³-hybridized carbons (Fsp3) is 0.524. The highest BCUT2D eigenvalue weighted by atomic mass is 19.1. The number of methoxy groups -OCH3 is 1. The summed E-state index contributed by atoms with van der Waals surface area (Å²) in [5.41, 5.74) is 1.61. The average Bonchev–Trinajstić information content (AvgIpc) is 3.25. The molecule has 7 nitrogen and oxygen atoms in total. The third-order valence-electron chi connectivity index (χ3n) is 5.28. The molecule has 0 radical (unpaired) electrons. The Morgan fingerprint density at radius 2 is 2.00 bits per heavy atom. The van der Waals surface area contributed by atoms with Crippen molar-refractivity contribution < 1.29 is 9.13 Å². The number of halogens is 1. The second-order valence-electron chi connectivity index (χ2n) is 7.42. The third kappa shape index (κ3) is 5.33. The number of aromatic nitrogens is 2. The highest BCUT2D eigenvalue weighted by molar-refractivity contribution is 5.60. The van der Waals surface area contributed by atoms with Gasteiger partial charge in [0.2, 0.25) is 5.95 Å². The molecule has 0 unspecified atom stereocenters. The van der Waals surface area contributed by atoms with E-state index in [0.29, 0.717) is 41.4 Å². The standard InChI is InChI=1S/C21H31FN6O/c1-14-11-19(23-3)27-21(25-14)26-17-7-8-18(29-4)16(20(17)22)13-24-12-15(2)28-9-5-6-10-28/h7-8,11,15,24H,5-6,9-10,12-13H2,1-4H3,(H2,23,25,26,27)/t15-/m1/s1. The zero-order valence-corrected chi connectivity index (χ0v) is 17.7. The van der Waals surface area contributed by atoms with Crippen molar-refractivity contribution in [3.63, 3.8) is 0 Å². The number of likely N-dealkylation sites (tertiary alicyclic amines) is 1. The van der Waals surface area contributed by atoms with E-state index in [2.05, 4.69) is 37.7 Å². The highest BCUT2D eigenvalue weighted by Gasteiger charge is 2.19. The lowest BCUT2D eigenvalue weighted by molar-refractivity contribution is 0.251. The molecule has 0 bridgehead atoms. The monoisotopic (exact) mass is 402 g/mol. The summed E-state index contributed by atoms with van der Waals surface area (Å²) in [5.74, 6) is 1.18. The summed E-state index contributed by atoms with van der Waals surface area (Å²) in [6.45, 7) is 7.55. The minimum atomic E-state index is -0.359. The zero-order chi connectivity index (χ0) is 20.8. The van der Waals surface area contributed by atoms with Crippen molar-refractivity contribution in [3.05, 3.63) is 35.3 Å². The lowest BCUT2D eigenvalue weighted by Gasteiger charge is -2.24. The van der Waals surface area contributed by atoms with Gasteiger partial charge in [0, 0.05) is 43.5 Å². The zero-order valence-electron chi connectivity index (χ0n) is 17.7. The van der Waals surface area contributed by atoms with E-state index >= 15 is 4.39 Å². The second-order valence-corrected chi connectivity index (χ2v) is 7.42. The van der Waals surface area contributed by atoms with Crippen molar-refractivity contribution in [1.82, 2.24) is 20.2 Å². The van der Waals surface area contributed by atoms with Crippen LogP contribution in [0.1, 0.15) is 31.0 Å². The molecule has 2 heterocycles. The number of aryl methyl sites for hydroxylation is 1. The lowest BCUT2D eigenvalue weighted by atomic mass is 10.1. The Hall–Kier alpha value is -2.45. The Labute approximate surface area is 172 Å². The Morgan fingerprint density at radius 1 is 1.24 bits per heavy atom. The van der Waals surface area contributed by atoms with Crippen LogP contribution in [0.15, 0.2) is 18.2 Å². The smallest absolute Gasteiger partial charge is 0.229 e. The number of rotatable bonds is 9. The van der Waals surface area contributed by atoms with Crippen molar-refractivity contribution in [2.75, 3.05) is 44.4 Å². The van der Waals surface area contributed by atoms with Gasteiger partial charge >= 0.3 is 0 Å². The fourth-order valence-electron chi connectivity index (χ4n) is 3.65. The summed E-state index contributed by atoms with van der Waals surface area (Å²) in [6, 6.07) is 5.66. The van der Waals surface area contributed by atoms with Gasteiger partial charge in [0.1, 0.15) is 11.6 Å². The summed E-state index contributed by atoms with van der Waals surface area (Å²) in [5, 5.41) is 9.36. The van der Waals surface area contributed by atoms with Gasteiger partial charge in [0.05, 0.1) is 12.8 Å². The molecular weight excluding hydrogens is 371 g/mol. The Morgan fingerprint density at radius 3 is 2.69 bits per heavy atom. The molecule has 0 spiro atoms. The van der Waals surface area contributed by atoms with E-state index in [9.17, 15) is 0 Å². The first-order valence-electron chi connectivity index (χ1n) is 10.1. The van der Waals surface area contributed by atoms with Crippen LogP contribution in [0.3, 0.4) is 0 Å². The van der Waals surface area contributed by atoms with Crippen LogP contribution in [0.4, 0.5) is 21.8 Å². The van der Waals surface area contributed by atoms with E-state index in [4.69, 9.17) is 4.74 Å². The first kappa shape index (κ1) is 21.3. The largest absolute Gasteiger partial charge is 0.496 e. The maximum Gasteiger partial charge on any atom is 0.229 e. The predicted molar refractivity (Wildman–Crippen MR) is 115 cm³/mol. The van der Waals surface area contributed by atoms with E-state index in [1.54, 1.807) is 26.3 Å². The predicted octanol–water partition coefficient (Wildman–Crippen LogP) is 3.29. The first-order valence-corrected chi connectivity index (χ1v) is 10.1. The summed E-state index contributed by atoms with van der Waals surface area (Å²) in [7, 11) is 3.34. The normalized spacial score (nSPS) is 15.3. The summed E-state index contributed by atoms with van der Waals surface area (Å²) >= 11 is 0. The Balaban J connectivity index is 1.72. The molecule has 0 aliphatic carbocycles. The molecule has 8 heteroatoms. The van der Waals surface area contributed by atoms with Crippen LogP contribution in [0.2, 0.25) is 0 Å². The van der Waals surface area contributed by atoms with Gasteiger partial charge in [-0.15, -0.1) is 0 Å². The van der Waals surface area contributed by atoms with Crippen LogP contribution in [-0.2, 0) is 6.54 Å². The van der Waals surface area contributed by atoms with Crippen LogP contribution in [0, 0.1) is 12.7 Å². The number of nitrogens with zero attached hydrogens (tertiary/aromatic N) is 3. The maximum absolute atomic E-state index is 15.2. The minimum Gasteiger partial charge on any atom is -0.496 e. The molecular formula is C21H31FN6O. The van der Waals surface area contributed by atoms with Gasteiger partial charge in [0.15, 0.2) is 5.82 Å². The van der Waals surface area contributed by atoms with Crippen LogP contribution >= 0.6 is 0 Å². The van der Waals surface area contributed by atoms with Crippen molar-refractivity contribution in [2.24, 2.45) is 0 Å². The molecule has 1 aromatic heterocycles. The topological polar surface area (TPSA) is 74.3 Å². The van der Waals surface area contributed by atoms with Crippen LogP contribution in [-0.4, -0.2) is 54.7 Å². The van der Waals surface area contributed by atoms with E-state index in [-0.39, 0.29) is 5.82 Å². The number of hydrogen-bond acceptors (Lipinski definition) is 7. The molecule has 3 rings (SSSR count). The molecule has 0 amide bonds. The van der Waals surface area contributed by atoms with Crippen molar-refractivity contribution in [1.29, 1.82) is 0 Å². The number of ether oxygens (including phenoxy) is 1. The number of nitrogens with one attached hydrogen (secondary N) is 3. The number of benzene rings is 1. The van der Waals surface area contributed by atoms with E-state index in [1.807, 2.05) is 13.0 Å². The van der Waals surface area contributed by atoms with Gasteiger partial charge in [-0.25, -0.2) is 9.37 Å². The molecule has 158 valence electrons. The van der Waals surface area contributed by atoms with Crippen molar-refractivity contribution >= 4 is 17.5 Å². The fourth-order valence-corrected chi connectivity index (χ4v) is 3.65.